The maximum atomic E-state index is 11.5. The SMILES string of the molecule is CCOC(=O)C(C#N)=Cc1ccc(-c2ccccc2Cl)o1. The van der Waals surface area contributed by atoms with Crippen molar-refractivity contribution in [1.29, 1.82) is 5.26 Å². The van der Waals surface area contributed by atoms with Gasteiger partial charge in [-0.2, -0.15) is 5.26 Å². The molecular formula is C16H12ClNO3. The molecule has 0 amide bonds. The summed E-state index contributed by atoms with van der Waals surface area (Å²) >= 11 is 6.09. The molecule has 0 aliphatic rings. The molecule has 0 saturated carbocycles. The van der Waals surface area contributed by atoms with Gasteiger partial charge in [-0.25, -0.2) is 4.79 Å². The highest BCUT2D eigenvalue weighted by Gasteiger charge is 2.12. The van der Waals surface area contributed by atoms with Crippen LogP contribution in [0.2, 0.25) is 5.02 Å². The quantitative estimate of drug-likeness (QED) is 0.485. The van der Waals surface area contributed by atoms with Gasteiger partial charge >= 0.3 is 5.97 Å². The number of rotatable bonds is 4. The predicted octanol–water partition coefficient (Wildman–Crippen LogP) is 4.07. The molecule has 0 unspecified atom stereocenters. The summed E-state index contributed by atoms with van der Waals surface area (Å²) in [5.74, 6) is 0.276. The van der Waals surface area contributed by atoms with E-state index in [1.165, 1.54) is 6.08 Å². The Hall–Kier alpha value is -2.51. The van der Waals surface area contributed by atoms with Gasteiger partial charge < -0.3 is 9.15 Å². The van der Waals surface area contributed by atoms with Crippen LogP contribution in [0.1, 0.15) is 12.7 Å². The lowest BCUT2D eigenvalue weighted by Crippen LogP contribution is -2.05. The van der Waals surface area contributed by atoms with Gasteiger partial charge in [-0.15, -0.1) is 0 Å². The Balaban J connectivity index is 2.30. The third kappa shape index (κ3) is 3.53. The summed E-state index contributed by atoms with van der Waals surface area (Å²) in [6.45, 7) is 1.89. The van der Waals surface area contributed by atoms with Crippen molar-refractivity contribution in [3.63, 3.8) is 0 Å². The molecule has 2 aromatic rings. The summed E-state index contributed by atoms with van der Waals surface area (Å²) in [6.07, 6.45) is 1.35. The van der Waals surface area contributed by atoms with Crippen molar-refractivity contribution in [1.82, 2.24) is 0 Å². The standard InChI is InChI=1S/C16H12ClNO3/c1-2-20-16(19)11(10-18)9-12-7-8-15(21-12)13-5-3-4-6-14(13)17/h3-9H,2H2,1H3. The second-order valence-electron chi connectivity index (χ2n) is 4.07. The molecule has 5 heteroatoms. The molecule has 0 spiro atoms. The number of esters is 1. The molecule has 2 rings (SSSR count). The molecule has 0 atom stereocenters. The number of carbonyl (C=O) groups is 1. The van der Waals surface area contributed by atoms with E-state index >= 15 is 0 Å². The lowest BCUT2D eigenvalue weighted by Gasteiger charge is -2.00. The van der Waals surface area contributed by atoms with Crippen LogP contribution in [-0.2, 0) is 9.53 Å². The van der Waals surface area contributed by atoms with Gasteiger partial charge in [0.15, 0.2) is 0 Å². The smallest absolute Gasteiger partial charge is 0.349 e. The lowest BCUT2D eigenvalue weighted by molar-refractivity contribution is -0.137. The molecule has 0 bridgehead atoms. The highest BCUT2D eigenvalue weighted by Crippen LogP contribution is 2.29. The summed E-state index contributed by atoms with van der Waals surface area (Å²) in [5, 5.41) is 9.53. The minimum Gasteiger partial charge on any atom is -0.462 e. The fourth-order valence-electron chi connectivity index (χ4n) is 1.72. The van der Waals surface area contributed by atoms with Gasteiger partial charge in [0.1, 0.15) is 23.2 Å². The average Bonchev–Trinajstić information content (AvgIpc) is 2.93. The van der Waals surface area contributed by atoms with Gasteiger partial charge in [0.25, 0.3) is 0 Å². The Labute approximate surface area is 127 Å². The van der Waals surface area contributed by atoms with Crippen molar-refractivity contribution in [3.8, 4) is 17.4 Å². The molecule has 4 nitrogen and oxygen atoms in total. The Bertz CT molecular complexity index is 725. The first kappa shape index (κ1) is 14.9. The maximum Gasteiger partial charge on any atom is 0.349 e. The molecule has 1 aromatic heterocycles. The zero-order chi connectivity index (χ0) is 15.2. The highest BCUT2D eigenvalue weighted by atomic mass is 35.5. The second kappa shape index (κ2) is 6.78. The third-order valence-electron chi connectivity index (χ3n) is 2.67. The second-order valence-corrected chi connectivity index (χ2v) is 4.48. The minimum absolute atomic E-state index is 0.114. The fraction of sp³-hybridized carbons (Fsp3) is 0.125. The highest BCUT2D eigenvalue weighted by molar-refractivity contribution is 6.33. The number of carbonyl (C=O) groups excluding carboxylic acids is 1. The fourth-order valence-corrected chi connectivity index (χ4v) is 1.95. The molecule has 0 N–H and O–H groups in total. The van der Waals surface area contributed by atoms with E-state index in [-0.39, 0.29) is 12.2 Å². The van der Waals surface area contributed by atoms with Crippen LogP contribution >= 0.6 is 11.6 Å². The van der Waals surface area contributed by atoms with Crippen molar-refractivity contribution < 1.29 is 13.9 Å². The number of nitrogens with zero attached hydrogens (tertiary/aromatic N) is 1. The van der Waals surface area contributed by atoms with Crippen LogP contribution in [0.25, 0.3) is 17.4 Å². The summed E-state index contributed by atoms with van der Waals surface area (Å²) in [4.78, 5) is 11.5. The molecule has 21 heavy (non-hydrogen) atoms. The molecule has 0 fully saturated rings. The van der Waals surface area contributed by atoms with Crippen LogP contribution in [0.15, 0.2) is 46.4 Å². The number of hydrogen-bond acceptors (Lipinski definition) is 4. The van der Waals surface area contributed by atoms with Crippen molar-refractivity contribution >= 4 is 23.6 Å². The van der Waals surface area contributed by atoms with E-state index in [1.54, 1.807) is 31.2 Å². The normalized spacial score (nSPS) is 11.0. The van der Waals surface area contributed by atoms with E-state index in [9.17, 15) is 4.79 Å². The van der Waals surface area contributed by atoms with E-state index in [0.29, 0.717) is 16.5 Å². The van der Waals surface area contributed by atoms with Gasteiger partial charge in [0, 0.05) is 11.6 Å². The summed E-state index contributed by atoms with van der Waals surface area (Å²) in [7, 11) is 0. The molecule has 1 aromatic carbocycles. The Morgan fingerprint density at radius 1 is 1.38 bits per heavy atom. The number of halogens is 1. The third-order valence-corrected chi connectivity index (χ3v) is 3.00. The van der Waals surface area contributed by atoms with E-state index in [4.69, 9.17) is 26.0 Å². The van der Waals surface area contributed by atoms with E-state index in [2.05, 4.69) is 0 Å². The first-order valence-electron chi connectivity index (χ1n) is 6.29. The number of hydrogen-bond donors (Lipinski definition) is 0. The first-order chi connectivity index (χ1) is 10.2. The van der Waals surface area contributed by atoms with Crippen LogP contribution in [0.5, 0.6) is 0 Å². The first-order valence-corrected chi connectivity index (χ1v) is 6.67. The van der Waals surface area contributed by atoms with Crippen molar-refractivity contribution in [2.75, 3.05) is 6.61 Å². The van der Waals surface area contributed by atoms with Crippen LogP contribution in [0, 0.1) is 11.3 Å². The predicted molar refractivity (Wildman–Crippen MR) is 79.4 cm³/mol. The largest absolute Gasteiger partial charge is 0.462 e. The molecule has 0 aliphatic carbocycles. The van der Waals surface area contributed by atoms with Gasteiger partial charge in [0.05, 0.1) is 11.6 Å². The van der Waals surface area contributed by atoms with E-state index in [0.717, 1.165) is 5.56 Å². The molecular weight excluding hydrogens is 290 g/mol. The number of furan rings is 1. The van der Waals surface area contributed by atoms with Crippen molar-refractivity contribution in [2.45, 2.75) is 6.92 Å². The van der Waals surface area contributed by atoms with Crippen LogP contribution in [-0.4, -0.2) is 12.6 Å². The summed E-state index contributed by atoms with van der Waals surface area (Å²) in [6, 6.07) is 12.4. The molecule has 106 valence electrons. The topological polar surface area (TPSA) is 63.2 Å². The minimum atomic E-state index is -0.671. The van der Waals surface area contributed by atoms with E-state index in [1.807, 2.05) is 18.2 Å². The summed E-state index contributed by atoms with van der Waals surface area (Å²) < 4.78 is 10.4. The summed E-state index contributed by atoms with van der Waals surface area (Å²) in [5.41, 5.74) is 0.630. The van der Waals surface area contributed by atoms with Crippen LogP contribution < -0.4 is 0 Å². The number of ether oxygens (including phenoxy) is 1. The van der Waals surface area contributed by atoms with Crippen LogP contribution in [0.4, 0.5) is 0 Å². The Morgan fingerprint density at radius 2 is 2.14 bits per heavy atom. The van der Waals surface area contributed by atoms with E-state index < -0.39 is 5.97 Å². The lowest BCUT2D eigenvalue weighted by atomic mass is 10.2. The molecule has 1 heterocycles. The number of benzene rings is 1. The Kier molecular flexibility index (Phi) is 4.81. The molecule has 0 radical (unpaired) electrons. The van der Waals surface area contributed by atoms with Gasteiger partial charge in [-0.3, -0.25) is 0 Å². The monoisotopic (exact) mass is 301 g/mol. The van der Waals surface area contributed by atoms with Gasteiger partial charge in [0.2, 0.25) is 0 Å². The molecule has 0 aliphatic heterocycles. The average molecular weight is 302 g/mol. The molecule has 0 saturated heterocycles. The van der Waals surface area contributed by atoms with Crippen LogP contribution in [0.3, 0.4) is 0 Å². The van der Waals surface area contributed by atoms with Gasteiger partial charge in [-0.1, -0.05) is 23.7 Å². The Morgan fingerprint density at radius 3 is 2.81 bits per heavy atom. The number of nitriles is 1. The van der Waals surface area contributed by atoms with Crippen molar-refractivity contribution in [3.05, 3.63) is 52.8 Å². The zero-order valence-corrected chi connectivity index (χ0v) is 12.1. The maximum absolute atomic E-state index is 11.5. The van der Waals surface area contributed by atoms with Gasteiger partial charge in [-0.05, 0) is 31.2 Å². The van der Waals surface area contributed by atoms with Crippen molar-refractivity contribution in [2.24, 2.45) is 0 Å². The zero-order valence-electron chi connectivity index (χ0n) is 11.3.